The Kier molecular flexibility index (Phi) is 29.6. The average Bonchev–Trinajstić information content (AvgIpc) is 2.46. The summed E-state index contributed by atoms with van der Waals surface area (Å²) in [6, 6.07) is 0. The lowest BCUT2D eigenvalue weighted by molar-refractivity contribution is 0.137. The van der Waals surface area contributed by atoms with Gasteiger partial charge in [-0.25, -0.2) is 4.79 Å². The van der Waals surface area contributed by atoms with Crippen LogP contribution in [0.3, 0.4) is 0 Å². The van der Waals surface area contributed by atoms with Crippen LogP contribution in [-0.4, -0.2) is 16.4 Å². The lowest BCUT2D eigenvalue weighted by Crippen LogP contribution is -2.11. The van der Waals surface area contributed by atoms with Crippen molar-refractivity contribution in [3.63, 3.8) is 0 Å². The standard InChI is InChI=1S/C19H40.CH2O3.2H3N/c1-5-7-9-11-13-15-17-19(3,4)18-16-14-12-10-8-6-2;2-1(3)4;;/h5-18H2,1-4H3;(H2,2,3,4);2*1H3. The molecule has 0 saturated carbocycles. The van der Waals surface area contributed by atoms with E-state index in [0.29, 0.717) is 5.41 Å². The zero-order valence-corrected chi connectivity index (χ0v) is 17.6. The van der Waals surface area contributed by atoms with E-state index in [1.54, 1.807) is 0 Å². The van der Waals surface area contributed by atoms with Crippen molar-refractivity contribution >= 4 is 6.16 Å². The van der Waals surface area contributed by atoms with Gasteiger partial charge in [-0.05, 0) is 18.3 Å². The molecule has 0 amide bonds. The first kappa shape index (κ1) is 31.9. The summed E-state index contributed by atoms with van der Waals surface area (Å²) in [6.45, 7) is 9.55. The second kappa shape index (κ2) is 23.2. The van der Waals surface area contributed by atoms with Gasteiger partial charge in [0.1, 0.15) is 0 Å². The molecule has 0 fully saturated rings. The zero-order valence-electron chi connectivity index (χ0n) is 17.6. The topological polar surface area (TPSA) is 128 Å². The highest BCUT2D eigenvalue weighted by Gasteiger charge is 2.16. The van der Waals surface area contributed by atoms with E-state index in [4.69, 9.17) is 15.0 Å². The predicted molar refractivity (Wildman–Crippen MR) is 110 cm³/mol. The molecule has 0 saturated heterocycles. The number of carboxylic acid groups (broad SMARTS) is 2. The Bertz CT molecular complexity index is 237. The maximum absolute atomic E-state index is 8.56. The summed E-state index contributed by atoms with van der Waals surface area (Å²) in [5.74, 6) is 0. The van der Waals surface area contributed by atoms with Gasteiger partial charge in [0.2, 0.25) is 0 Å². The van der Waals surface area contributed by atoms with Gasteiger partial charge < -0.3 is 22.5 Å². The van der Waals surface area contributed by atoms with Crippen LogP contribution in [0.15, 0.2) is 0 Å². The smallest absolute Gasteiger partial charge is 0.450 e. The molecule has 0 radical (unpaired) electrons. The van der Waals surface area contributed by atoms with Crippen molar-refractivity contribution < 1.29 is 15.0 Å². The summed E-state index contributed by atoms with van der Waals surface area (Å²) >= 11 is 0. The van der Waals surface area contributed by atoms with Crippen molar-refractivity contribution in [1.29, 1.82) is 0 Å². The summed E-state index contributed by atoms with van der Waals surface area (Å²) in [7, 11) is 0. The molecule has 25 heavy (non-hydrogen) atoms. The van der Waals surface area contributed by atoms with E-state index < -0.39 is 6.16 Å². The molecular formula is C20H48N2O3. The summed E-state index contributed by atoms with van der Waals surface area (Å²) in [5.41, 5.74) is 0.593. The van der Waals surface area contributed by atoms with Crippen LogP contribution < -0.4 is 12.3 Å². The Morgan fingerprint density at radius 1 is 0.640 bits per heavy atom. The normalized spacial score (nSPS) is 10.1. The van der Waals surface area contributed by atoms with Crippen molar-refractivity contribution in [3.8, 4) is 0 Å². The van der Waals surface area contributed by atoms with E-state index >= 15 is 0 Å². The van der Waals surface area contributed by atoms with Crippen molar-refractivity contribution in [1.82, 2.24) is 12.3 Å². The first-order chi connectivity index (χ1) is 10.9. The minimum atomic E-state index is -1.83. The van der Waals surface area contributed by atoms with E-state index in [2.05, 4.69) is 27.7 Å². The minimum Gasteiger partial charge on any atom is -0.450 e. The summed E-state index contributed by atoms with van der Waals surface area (Å²) < 4.78 is 0. The molecule has 0 spiro atoms. The Morgan fingerprint density at radius 3 is 1.16 bits per heavy atom. The molecule has 0 aromatic rings. The molecule has 0 aromatic heterocycles. The van der Waals surface area contributed by atoms with Gasteiger partial charge in [-0.2, -0.15) is 0 Å². The SMILES string of the molecule is CCCCCCCCC(C)(C)CCCCCCCC.N.N.O=C(O)O. The van der Waals surface area contributed by atoms with Gasteiger partial charge in [-0.15, -0.1) is 0 Å². The molecule has 0 aromatic carbocycles. The van der Waals surface area contributed by atoms with Crippen LogP contribution in [0.5, 0.6) is 0 Å². The third-order valence-electron chi connectivity index (χ3n) is 4.41. The fourth-order valence-corrected chi connectivity index (χ4v) is 2.89. The van der Waals surface area contributed by atoms with Gasteiger partial charge in [0, 0.05) is 0 Å². The van der Waals surface area contributed by atoms with E-state index in [1.165, 1.54) is 89.9 Å². The lowest BCUT2D eigenvalue weighted by atomic mass is 9.82. The van der Waals surface area contributed by atoms with Crippen molar-refractivity contribution in [3.05, 3.63) is 0 Å². The highest BCUT2D eigenvalue weighted by molar-refractivity contribution is 5.53. The van der Waals surface area contributed by atoms with Crippen molar-refractivity contribution in [2.45, 2.75) is 118 Å². The Labute approximate surface area is 157 Å². The number of rotatable bonds is 14. The van der Waals surface area contributed by atoms with Crippen LogP contribution in [0.1, 0.15) is 118 Å². The number of hydrogen-bond acceptors (Lipinski definition) is 3. The van der Waals surface area contributed by atoms with Crippen LogP contribution in [0.4, 0.5) is 4.79 Å². The lowest BCUT2D eigenvalue weighted by Gasteiger charge is -2.24. The van der Waals surface area contributed by atoms with Gasteiger partial charge in [-0.1, -0.05) is 105 Å². The Balaban J connectivity index is -0.000000330. The molecule has 156 valence electrons. The maximum Gasteiger partial charge on any atom is 0.503 e. The predicted octanol–water partition coefficient (Wildman–Crippen LogP) is 8.06. The van der Waals surface area contributed by atoms with Gasteiger partial charge in [0.25, 0.3) is 0 Å². The molecular weight excluding hydrogens is 316 g/mol. The van der Waals surface area contributed by atoms with Gasteiger partial charge in [0.05, 0.1) is 0 Å². The fourth-order valence-electron chi connectivity index (χ4n) is 2.89. The van der Waals surface area contributed by atoms with Gasteiger partial charge in [-0.3, -0.25) is 0 Å². The van der Waals surface area contributed by atoms with E-state index in [9.17, 15) is 0 Å². The molecule has 0 aliphatic heterocycles. The zero-order chi connectivity index (χ0) is 18.0. The van der Waals surface area contributed by atoms with Crippen molar-refractivity contribution in [2.75, 3.05) is 0 Å². The molecule has 8 N–H and O–H groups in total. The molecule has 0 bridgehead atoms. The third kappa shape index (κ3) is 35.2. The molecule has 0 atom stereocenters. The quantitative estimate of drug-likeness (QED) is 0.232. The Morgan fingerprint density at radius 2 is 0.880 bits per heavy atom. The highest BCUT2D eigenvalue weighted by Crippen LogP contribution is 2.30. The average molecular weight is 365 g/mol. The molecule has 5 nitrogen and oxygen atoms in total. The van der Waals surface area contributed by atoms with Crippen LogP contribution >= 0.6 is 0 Å². The maximum atomic E-state index is 8.56. The van der Waals surface area contributed by atoms with Crippen LogP contribution in [0.25, 0.3) is 0 Å². The minimum absolute atomic E-state index is 0. The fraction of sp³-hybridized carbons (Fsp3) is 0.950. The second-order valence-corrected chi connectivity index (χ2v) is 7.48. The summed E-state index contributed by atoms with van der Waals surface area (Å²) in [6.07, 6.45) is 18.3. The first-order valence-corrected chi connectivity index (χ1v) is 9.77. The largest absolute Gasteiger partial charge is 0.503 e. The summed E-state index contributed by atoms with van der Waals surface area (Å²) in [4.78, 5) is 8.56. The monoisotopic (exact) mass is 364 g/mol. The third-order valence-corrected chi connectivity index (χ3v) is 4.41. The van der Waals surface area contributed by atoms with Crippen LogP contribution in [-0.2, 0) is 0 Å². The number of hydrogen-bond donors (Lipinski definition) is 4. The van der Waals surface area contributed by atoms with Gasteiger partial charge in [0.15, 0.2) is 0 Å². The molecule has 0 heterocycles. The molecule has 0 unspecified atom stereocenters. The van der Waals surface area contributed by atoms with Crippen LogP contribution in [0.2, 0.25) is 0 Å². The summed E-state index contributed by atoms with van der Waals surface area (Å²) in [5, 5.41) is 13.9. The molecule has 5 heteroatoms. The van der Waals surface area contributed by atoms with E-state index in [1.807, 2.05) is 0 Å². The molecule has 0 aliphatic carbocycles. The van der Waals surface area contributed by atoms with Crippen molar-refractivity contribution in [2.24, 2.45) is 5.41 Å². The molecule has 0 rings (SSSR count). The Hall–Kier alpha value is -0.810. The van der Waals surface area contributed by atoms with Crippen LogP contribution in [0, 0.1) is 5.41 Å². The van der Waals surface area contributed by atoms with E-state index in [-0.39, 0.29) is 12.3 Å². The van der Waals surface area contributed by atoms with E-state index in [0.717, 1.165) is 0 Å². The number of unbranched alkanes of at least 4 members (excludes halogenated alkanes) is 10. The molecule has 0 aliphatic rings. The van der Waals surface area contributed by atoms with Gasteiger partial charge >= 0.3 is 6.16 Å². The first-order valence-electron chi connectivity index (χ1n) is 9.77. The number of carbonyl (C=O) groups is 1. The highest BCUT2D eigenvalue weighted by atomic mass is 16.6. The second-order valence-electron chi connectivity index (χ2n) is 7.48.